The molecule has 1 aliphatic carbocycles. The molecule has 0 amide bonds. The Morgan fingerprint density at radius 3 is 2.77 bits per heavy atom. The van der Waals surface area contributed by atoms with Crippen molar-refractivity contribution in [2.24, 2.45) is 0 Å². The van der Waals surface area contributed by atoms with Crippen molar-refractivity contribution in [3.63, 3.8) is 0 Å². The highest BCUT2D eigenvalue weighted by Gasteiger charge is 2.27. The van der Waals surface area contributed by atoms with Crippen LogP contribution in [0.5, 0.6) is 11.5 Å². The van der Waals surface area contributed by atoms with E-state index < -0.39 is 0 Å². The van der Waals surface area contributed by atoms with Gasteiger partial charge in [0.1, 0.15) is 17.3 Å². The van der Waals surface area contributed by atoms with Gasteiger partial charge in [-0.15, -0.1) is 10.2 Å². The summed E-state index contributed by atoms with van der Waals surface area (Å²) in [5.74, 6) is 2.76. The van der Waals surface area contributed by atoms with E-state index in [0.717, 1.165) is 46.7 Å². The quantitative estimate of drug-likeness (QED) is 0.324. The van der Waals surface area contributed by atoms with Crippen molar-refractivity contribution in [2.45, 2.75) is 32.2 Å². The van der Waals surface area contributed by atoms with Crippen molar-refractivity contribution in [2.75, 3.05) is 5.32 Å². The summed E-state index contributed by atoms with van der Waals surface area (Å²) in [6.07, 6.45) is 6.64. The largest absolute Gasteiger partial charge is 0.453 e. The van der Waals surface area contributed by atoms with Crippen LogP contribution in [0.15, 0.2) is 73.1 Å². The minimum atomic E-state index is 0.465. The van der Waals surface area contributed by atoms with Crippen LogP contribution >= 0.6 is 0 Å². The number of aromatic amines is 1. The summed E-state index contributed by atoms with van der Waals surface area (Å²) < 4.78 is 8.35. The van der Waals surface area contributed by atoms with Crippen molar-refractivity contribution in [1.82, 2.24) is 35.4 Å². The topological polar surface area (TPSA) is 106 Å². The zero-order valence-corrected chi connectivity index (χ0v) is 19.2. The molecule has 0 aliphatic heterocycles. The Kier molecular flexibility index (Phi) is 5.42. The first-order valence-electron chi connectivity index (χ1n) is 11.6. The number of benzene rings is 2. The summed E-state index contributed by atoms with van der Waals surface area (Å²) in [6, 6.07) is 20.6. The zero-order valence-electron chi connectivity index (χ0n) is 19.2. The second kappa shape index (κ2) is 9.02. The predicted molar refractivity (Wildman–Crippen MR) is 132 cm³/mol. The Morgan fingerprint density at radius 1 is 1.09 bits per heavy atom. The van der Waals surface area contributed by atoms with Crippen molar-refractivity contribution in [3.8, 4) is 22.8 Å². The number of ether oxygens (including phenoxy) is 1. The first-order chi connectivity index (χ1) is 17.2. The summed E-state index contributed by atoms with van der Waals surface area (Å²) >= 11 is 0. The molecule has 0 unspecified atom stereocenters. The van der Waals surface area contributed by atoms with E-state index in [1.165, 1.54) is 0 Å². The van der Waals surface area contributed by atoms with Crippen molar-refractivity contribution in [1.29, 1.82) is 0 Å². The molecular formula is C26H24N8O. The number of H-pyrrole nitrogens is 1. The lowest BCUT2D eigenvalue weighted by atomic mass is 10.1. The van der Waals surface area contributed by atoms with Crippen molar-refractivity contribution >= 4 is 11.5 Å². The maximum atomic E-state index is 6.33. The number of rotatable bonds is 8. The summed E-state index contributed by atoms with van der Waals surface area (Å²) in [4.78, 5) is 4.48. The van der Waals surface area contributed by atoms with Gasteiger partial charge in [-0.25, -0.2) is 4.98 Å². The molecule has 6 rings (SSSR count). The summed E-state index contributed by atoms with van der Waals surface area (Å²) in [5, 5.41) is 22.4. The SMILES string of the molecule is Cc1cc(Cc2nn[nH]n2)cc(Nc2cc(Oc3cn(C4CC4)nc3-c3ccccc3)ccn2)c1. The molecule has 35 heavy (non-hydrogen) atoms. The Bertz CT molecular complexity index is 1440. The van der Waals surface area contributed by atoms with Crippen LogP contribution in [0.3, 0.4) is 0 Å². The molecule has 2 aromatic carbocycles. The van der Waals surface area contributed by atoms with Crippen LogP contribution in [0, 0.1) is 6.92 Å². The first kappa shape index (κ1) is 21.0. The third kappa shape index (κ3) is 4.89. The van der Waals surface area contributed by atoms with E-state index in [-0.39, 0.29) is 0 Å². The van der Waals surface area contributed by atoms with Crippen molar-refractivity contribution in [3.05, 3.63) is 90.0 Å². The fourth-order valence-electron chi connectivity index (χ4n) is 4.07. The number of hydrogen-bond donors (Lipinski definition) is 2. The fourth-order valence-corrected chi connectivity index (χ4v) is 4.07. The van der Waals surface area contributed by atoms with Gasteiger partial charge in [0, 0.05) is 29.9 Å². The molecule has 3 aromatic heterocycles. The lowest BCUT2D eigenvalue weighted by molar-refractivity contribution is 0.482. The van der Waals surface area contributed by atoms with Gasteiger partial charge in [0.25, 0.3) is 0 Å². The highest BCUT2D eigenvalue weighted by atomic mass is 16.5. The maximum absolute atomic E-state index is 6.33. The average Bonchev–Trinajstić information content (AvgIpc) is 3.42. The molecule has 9 heteroatoms. The summed E-state index contributed by atoms with van der Waals surface area (Å²) in [6.45, 7) is 2.06. The van der Waals surface area contributed by atoms with Gasteiger partial charge in [0.2, 0.25) is 0 Å². The number of nitrogens with zero attached hydrogens (tertiary/aromatic N) is 6. The highest BCUT2D eigenvalue weighted by molar-refractivity contribution is 5.67. The number of tetrazole rings is 1. The maximum Gasteiger partial charge on any atom is 0.178 e. The van der Waals surface area contributed by atoms with Gasteiger partial charge < -0.3 is 10.1 Å². The van der Waals surface area contributed by atoms with Crippen LogP contribution < -0.4 is 10.1 Å². The minimum absolute atomic E-state index is 0.465. The van der Waals surface area contributed by atoms with Crippen LogP contribution in [0.25, 0.3) is 11.3 Å². The molecule has 5 aromatic rings. The van der Waals surface area contributed by atoms with Crippen LogP contribution in [0.2, 0.25) is 0 Å². The number of aromatic nitrogens is 7. The highest BCUT2D eigenvalue weighted by Crippen LogP contribution is 2.39. The van der Waals surface area contributed by atoms with E-state index in [9.17, 15) is 0 Å². The number of anilines is 2. The lowest BCUT2D eigenvalue weighted by Crippen LogP contribution is -1.98. The molecule has 0 atom stereocenters. The number of hydrogen-bond acceptors (Lipinski definition) is 7. The molecule has 1 saturated carbocycles. The third-order valence-electron chi connectivity index (χ3n) is 5.79. The van der Waals surface area contributed by atoms with Crippen LogP contribution in [-0.4, -0.2) is 35.4 Å². The van der Waals surface area contributed by atoms with Gasteiger partial charge in [0.05, 0.1) is 12.2 Å². The van der Waals surface area contributed by atoms with Gasteiger partial charge >= 0.3 is 0 Å². The van der Waals surface area contributed by atoms with Crippen LogP contribution in [0.4, 0.5) is 11.5 Å². The molecule has 1 fully saturated rings. The molecule has 0 bridgehead atoms. The van der Waals surface area contributed by atoms with E-state index >= 15 is 0 Å². The molecule has 0 radical (unpaired) electrons. The molecule has 9 nitrogen and oxygen atoms in total. The Balaban J connectivity index is 1.24. The normalized spacial score (nSPS) is 13.1. The number of pyridine rings is 1. The monoisotopic (exact) mass is 464 g/mol. The van der Waals surface area contributed by atoms with Gasteiger partial charge in [-0.2, -0.15) is 10.3 Å². The molecule has 3 heterocycles. The second-order valence-electron chi connectivity index (χ2n) is 8.74. The van der Waals surface area contributed by atoms with Gasteiger partial charge in [-0.1, -0.05) is 41.6 Å². The van der Waals surface area contributed by atoms with Crippen molar-refractivity contribution < 1.29 is 4.74 Å². The molecular weight excluding hydrogens is 440 g/mol. The Labute approximate surface area is 202 Å². The molecule has 0 spiro atoms. The Morgan fingerprint density at radius 2 is 1.97 bits per heavy atom. The molecule has 0 saturated heterocycles. The fraction of sp³-hybridized carbons (Fsp3) is 0.192. The second-order valence-corrected chi connectivity index (χ2v) is 8.74. The van der Waals surface area contributed by atoms with Gasteiger partial charge in [0.15, 0.2) is 11.6 Å². The smallest absolute Gasteiger partial charge is 0.178 e. The number of nitrogens with one attached hydrogen (secondary N) is 2. The van der Waals surface area contributed by atoms with E-state index in [0.29, 0.717) is 29.9 Å². The van der Waals surface area contributed by atoms with E-state index in [4.69, 9.17) is 9.84 Å². The molecule has 174 valence electrons. The average molecular weight is 465 g/mol. The lowest BCUT2D eigenvalue weighted by Gasteiger charge is -2.11. The minimum Gasteiger partial charge on any atom is -0.453 e. The van der Waals surface area contributed by atoms with Gasteiger partial charge in [-0.05, 0) is 49.1 Å². The Hall–Kier alpha value is -4.53. The van der Waals surface area contributed by atoms with Crippen LogP contribution in [-0.2, 0) is 6.42 Å². The summed E-state index contributed by atoms with van der Waals surface area (Å²) in [5.41, 5.74) is 5.01. The van der Waals surface area contributed by atoms with E-state index in [1.807, 2.05) is 41.2 Å². The first-order valence-corrected chi connectivity index (χ1v) is 11.6. The predicted octanol–water partition coefficient (Wildman–Crippen LogP) is 5.23. The third-order valence-corrected chi connectivity index (χ3v) is 5.79. The van der Waals surface area contributed by atoms with E-state index in [1.54, 1.807) is 6.20 Å². The van der Waals surface area contributed by atoms with Gasteiger partial charge in [-0.3, -0.25) is 4.68 Å². The molecule has 1 aliphatic rings. The van der Waals surface area contributed by atoms with E-state index in [2.05, 4.69) is 68.2 Å². The molecule has 2 N–H and O–H groups in total. The number of aryl methyl sites for hydroxylation is 1. The summed E-state index contributed by atoms with van der Waals surface area (Å²) in [7, 11) is 0. The zero-order chi connectivity index (χ0) is 23.6. The van der Waals surface area contributed by atoms with Crippen LogP contribution in [0.1, 0.15) is 35.8 Å². The standard InChI is InChI=1S/C26H24N8O/c1-17-11-18(14-25-29-32-33-30-25)13-20(12-17)28-24-15-22(9-10-27-24)35-23-16-34(21-7-8-21)31-26(23)19-5-3-2-4-6-19/h2-6,9-13,15-16,21H,7-8,14H2,1H3,(H,27,28)(H,29,30,32,33).